The van der Waals surface area contributed by atoms with Crippen molar-refractivity contribution in [2.45, 2.75) is 25.4 Å². The van der Waals surface area contributed by atoms with E-state index in [9.17, 15) is 8.42 Å². The number of aryl methyl sites for hydroxylation is 2. The van der Waals surface area contributed by atoms with Gasteiger partial charge in [0.05, 0.1) is 5.69 Å². The summed E-state index contributed by atoms with van der Waals surface area (Å²) in [6.07, 6.45) is 0. The van der Waals surface area contributed by atoms with E-state index in [1.165, 1.54) is 0 Å². The van der Waals surface area contributed by atoms with Crippen LogP contribution in [-0.2, 0) is 16.6 Å². The van der Waals surface area contributed by atoms with Crippen molar-refractivity contribution in [2.24, 2.45) is 5.73 Å². The first kappa shape index (κ1) is 14.8. The van der Waals surface area contributed by atoms with Crippen LogP contribution in [0.4, 0.5) is 5.69 Å². The number of nitrogens with zero attached hydrogens (tertiary/aromatic N) is 1. The van der Waals surface area contributed by atoms with E-state index in [1.807, 2.05) is 0 Å². The number of H-pyrrole nitrogens is 1. The van der Waals surface area contributed by atoms with Crippen molar-refractivity contribution in [3.8, 4) is 0 Å². The Morgan fingerprint density at radius 1 is 1.40 bits per heavy atom. The van der Waals surface area contributed by atoms with Crippen LogP contribution in [0.15, 0.2) is 23.2 Å². The van der Waals surface area contributed by atoms with Gasteiger partial charge in [0.15, 0.2) is 0 Å². The molecule has 8 heteroatoms. The van der Waals surface area contributed by atoms with Crippen LogP contribution in [0.2, 0.25) is 5.02 Å². The number of sulfonamides is 1. The van der Waals surface area contributed by atoms with Gasteiger partial charge >= 0.3 is 0 Å². The molecule has 0 saturated carbocycles. The van der Waals surface area contributed by atoms with Crippen molar-refractivity contribution in [1.82, 2.24) is 10.2 Å². The summed E-state index contributed by atoms with van der Waals surface area (Å²) in [4.78, 5) is 0. The van der Waals surface area contributed by atoms with Crippen LogP contribution in [-0.4, -0.2) is 18.6 Å². The van der Waals surface area contributed by atoms with E-state index in [0.717, 1.165) is 5.56 Å². The molecular weight excluding hydrogens is 300 g/mol. The molecule has 0 spiro atoms. The number of halogens is 1. The second kappa shape index (κ2) is 5.43. The molecule has 0 radical (unpaired) electrons. The van der Waals surface area contributed by atoms with Gasteiger partial charge < -0.3 is 5.73 Å². The van der Waals surface area contributed by atoms with Crippen molar-refractivity contribution >= 4 is 27.3 Å². The minimum Gasteiger partial charge on any atom is -0.326 e. The first-order chi connectivity index (χ1) is 9.35. The maximum Gasteiger partial charge on any atom is 0.281 e. The highest BCUT2D eigenvalue weighted by molar-refractivity contribution is 7.92. The Bertz CT molecular complexity index is 740. The van der Waals surface area contributed by atoms with Crippen LogP contribution >= 0.6 is 11.6 Å². The molecule has 108 valence electrons. The first-order valence-electron chi connectivity index (χ1n) is 5.88. The summed E-state index contributed by atoms with van der Waals surface area (Å²) in [6.45, 7) is 3.60. The molecule has 0 aliphatic rings. The lowest BCUT2D eigenvalue weighted by atomic mass is 10.2. The van der Waals surface area contributed by atoms with Crippen LogP contribution in [0.3, 0.4) is 0 Å². The number of aromatic nitrogens is 2. The summed E-state index contributed by atoms with van der Waals surface area (Å²) in [7, 11) is -3.81. The van der Waals surface area contributed by atoms with Gasteiger partial charge in [0, 0.05) is 22.8 Å². The van der Waals surface area contributed by atoms with Gasteiger partial charge in [0.1, 0.15) is 0 Å². The Morgan fingerprint density at radius 2 is 2.10 bits per heavy atom. The number of anilines is 1. The fraction of sp³-hybridized carbons (Fsp3) is 0.250. The highest BCUT2D eigenvalue weighted by Gasteiger charge is 2.23. The topological polar surface area (TPSA) is 101 Å². The molecule has 0 bridgehead atoms. The Hall–Kier alpha value is -1.57. The molecule has 0 aliphatic carbocycles. The maximum absolute atomic E-state index is 12.4. The molecule has 6 nitrogen and oxygen atoms in total. The van der Waals surface area contributed by atoms with E-state index in [2.05, 4.69) is 14.9 Å². The molecule has 1 heterocycles. The minimum absolute atomic E-state index is 0.0862. The highest BCUT2D eigenvalue weighted by atomic mass is 35.5. The Morgan fingerprint density at radius 3 is 2.75 bits per heavy atom. The van der Waals surface area contributed by atoms with Crippen LogP contribution in [0.5, 0.6) is 0 Å². The molecule has 0 fully saturated rings. The molecule has 0 atom stereocenters. The summed E-state index contributed by atoms with van der Waals surface area (Å²) in [5, 5.41) is 6.81. The van der Waals surface area contributed by atoms with Gasteiger partial charge in [-0.15, -0.1) is 0 Å². The second-order valence-corrected chi connectivity index (χ2v) is 6.44. The fourth-order valence-electron chi connectivity index (χ4n) is 1.79. The molecule has 4 N–H and O–H groups in total. The highest BCUT2D eigenvalue weighted by Crippen LogP contribution is 2.24. The van der Waals surface area contributed by atoms with Gasteiger partial charge in [-0.1, -0.05) is 17.7 Å². The predicted molar refractivity (Wildman–Crippen MR) is 78.2 cm³/mol. The number of hydrogen-bond acceptors (Lipinski definition) is 4. The van der Waals surface area contributed by atoms with Gasteiger partial charge in [0.2, 0.25) is 5.03 Å². The molecule has 2 rings (SSSR count). The molecule has 20 heavy (non-hydrogen) atoms. The molecule has 1 aromatic carbocycles. The lowest BCUT2D eigenvalue weighted by Crippen LogP contribution is -2.17. The zero-order valence-corrected chi connectivity index (χ0v) is 12.6. The minimum atomic E-state index is -3.81. The van der Waals surface area contributed by atoms with Crippen molar-refractivity contribution < 1.29 is 8.42 Å². The van der Waals surface area contributed by atoms with Gasteiger partial charge in [-0.05, 0) is 31.5 Å². The number of nitrogens with two attached hydrogens (primary N) is 1. The van der Waals surface area contributed by atoms with E-state index in [1.54, 1.807) is 32.0 Å². The van der Waals surface area contributed by atoms with Crippen LogP contribution in [0.1, 0.15) is 16.8 Å². The summed E-state index contributed by atoms with van der Waals surface area (Å²) in [5.41, 5.74) is 7.85. The van der Waals surface area contributed by atoms with Crippen molar-refractivity contribution in [3.05, 3.63) is 40.0 Å². The molecule has 0 saturated heterocycles. The number of benzene rings is 1. The van der Waals surface area contributed by atoms with Crippen molar-refractivity contribution in [3.63, 3.8) is 0 Å². The van der Waals surface area contributed by atoms with Crippen molar-refractivity contribution in [2.75, 3.05) is 4.72 Å². The number of nitrogens with one attached hydrogen (secondary N) is 2. The smallest absolute Gasteiger partial charge is 0.281 e. The Labute approximate surface area is 122 Å². The third kappa shape index (κ3) is 2.79. The number of rotatable bonds is 4. The third-order valence-electron chi connectivity index (χ3n) is 2.94. The van der Waals surface area contributed by atoms with Gasteiger partial charge in [-0.3, -0.25) is 9.82 Å². The van der Waals surface area contributed by atoms with Gasteiger partial charge in [0.25, 0.3) is 10.0 Å². The fourth-order valence-corrected chi connectivity index (χ4v) is 3.29. The standard InChI is InChI=1S/C12H15ClN4O2S/c1-7-3-4-9(13)5-11(7)17-20(18,19)12-10(6-14)8(2)15-16-12/h3-5,17H,6,14H2,1-2H3,(H,15,16). The van der Waals surface area contributed by atoms with Crippen LogP contribution < -0.4 is 10.5 Å². The molecule has 2 aromatic rings. The summed E-state index contributed by atoms with van der Waals surface area (Å²) >= 11 is 5.88. The van der Waals surface area contributed by atoms with E-state index >= 15 is 0 Å². The molecule has 0 aliphatic heterocycles. The quantitative estimate of drug-likeness (QED) is 0.802. The number of hydrogen-bond donors (Lipinski definition) is 3. The van der Waals surface area contributed by atoms with Crippen LogP contribution in [0, 0.1) is 13.8 Å². The maximum atomic E-state index is 12.4. The van der Waals surface area contributed by atoms with Gasteiger partial charge in [-0.2, -0.15) is 13.5 Å². The SMILES string of the molecule is Cc1ccc(Cl)cc1NS(=O)(=O)c1n[nH]c(C)c1CN. The molecule has 0 unspecified atom stereocenters. The zero-order chi connectivity index (χ0) is 14.9. The van der Waals surface area contributed by atoms with E-state index in [4.69, 9.17) is 17.3 Å². The van der Waals surface area contributed by atoms with E-state index in [0.29, 0.717) is 22.0 Å². The first-order valence-corrected chi connectivity index (χ1v) is 7.74. The van der Waals surface area contributed by atoms with Crippen molar-refractivity contribution in [1.29, 1.82) is 0 Å². The largest absolute Gasteiger partial charge is 0.326 e. The van der Waals surface area contributed by atoms with Gasteiger partial charge in [-0.25, -0.2) is 0 Å². The molecular formula is C12H15ClN4O2S. The van der Waals surface area contributed by atoms with E-state index < -0.39 is 10.0 Å². The second-order valence-electron chi connectivity index (χ2n) is 4.40. The zero-order valence-electron chi connectivity index (χ0n) is 11.1. The summed E-state index contributed by atoms with van der Waals surface area (Å²) < 4.78 is 27.2. The Balaban J connectivity index is 2.43. The summed E-state index contributed by atoms with van der Waals surface area (Å²) in [5.74, 6) is 0. The van der Waals surface area contributed by atoms with Crippen LogP contribution in [0.25, 0.3) is 0 Å². The normalized spacial score (nSPS) is 11.6. The Kier molecular flexibility index (Phi) is 4.03. The average Bonchev–Trinajstić information content (AvgIpc) is 2.75. The lowest BCUT2D eigenvalue weighted by Gasteiger charge is -2.10. The number of aromatic amines is 1. The predicted octanol–water partition coefficient (Wildman–Crippen LogP) is 1.94. The average molecular weight is 315 g/mol. The summed E-state index contributed by atoms with van der Waals surface area (Å²) in [6, 6.07) is 4.98. The monoisotopic (exact) mass is 314 g/mol. The molecule has 1 aromatic heterocycles. The molecule has 0 amide bonds. The third-order valence-corrected chi connectivity index (χ3v) is 4.51. The van der Waals surface area contributed by atoms with E-state index in [-0.39, 0.29) is 11.6 Å². The lowest BCUT2D eigenvalue weighted by molar-refractivity contribution is 0.595.